The average Bonchev–Trinajstić information content (AvgIpc) is 3.03. The number of aromatic amines is 2. The number of halogens is 2. The van der Waals surface area contributed by atoms with Gasteiger partial charge >= 0.3 is 6.61 Å². The molecule has 2 heterocycles. The van der Waals surface area contributed by atoms with Gasteiger partial charge in [-0.2, -0.15) is 8.78 Å². The first-order valence-corrected chi connectivity index (χ1v) is 8.97. The minimum Gasteiger partial charge on any atom is -0.435 e. The second-order valence-corrected chi connectivity index (χ2v) is 6.51. The van der Waals surface area contributed by atoms with Gasteiger partial charge in [-0.1, -0.05) is 36.4 Å². The molecule has 0 amide bonds. The topological polar surface area (TPSA) is 51.2 Å². The quantitative estimate of drug-likeness (QED) is 0.489. The van der Waals surface area contributed by atoms with Crippen LogP contribution in [0.5, 0.6) is 5.75 Å². The fourth-order valence-corrected chi connectivity index (χ4v) is 3.47. The number of aromatic nitrogens is 2. The summed E-state index contributed by atoms with van der Waals surface area (Å²) in [4.78, 5) is 6.62. The van der Waals surface area contributed by atoms with Crippen molar-refractivity contribution in [3.8, 4) is 5.75 Å². The second-order valence-electron chi connectivity index (χ2n) is 6.51. The molecule has 2 aromatic heterocycles. The summed E-state index contributed by atoms with van der Waals surface area (Å²) in [6.07, 6.45) is 1.85. The van der Waals surface area contributed by atoms with Gasteiger partial charge in [0.1, 0.15) is 11.8 Å². The summed E-state index contributed by atoms with van der Waals surface area (Å²) in [6, 6.07) is 20.5. The van der Waals surface area contributed by atoms with Crippen LogP contribution >= 0.6 is 0 Å². The first-order chi connectivity index (χ1) is 13.6. The molecular weight excluding hydrogens is 360 g/mol. The minimum absolute atomic E-state index is 0.138. The maximum Gasteiger partial charge on any atom is 0.387 e. The van der Waals surface area contributed by atoms with E-state index in [0.29, 0.717) is 0 Å². The summed E-state index contributed by atoms with van der Waals surface area (Å²) in [5.41, 5.74) is 4.14. The summed E-state index contributed by atoms with van der Waals surface area (Å²) in [5.74, 6) is 0.990. The van der Waals surface area contributed by atoms with Gasteiger partial charge in [-0.3, -0.25) is 5.32 Å². The van der Waals surface area contributed by atoms with Gasteiger partial charge in [-0.15, -0.1) is 0 Å². The summed E-state index contributed by atoms with van der Waals surface area (Å²) in [7, 11) is 0. The van der Waals surface area contributed by atoms with E-state index in [-0.39, 0.29) is 11.8 Å². The number of para-hydroxylation sites is 1. The van der Waals surface area contributed by atoms with Gasteiger partial charge in [-0.25, -0.2) is 4.98 Å². The zero-order valence-corrected chi connectivity index (χ0v) is 15.2. The lowest BCUT2D eigenvalue weighted by molar-refractivity contribution is -0.361. The van der Waals surface area contributed by atoms with Crippen molar-refractivity contribution in [2.75, 3.05) is 5.32 Å². The molecule has 0 saturated carbocycles. The highest BCUT2D eigenvalue weighted by Gasteiger charge is 2.25. The number of nitrogens with one attached hydrogen (secondary N) is 3. The van der Waals surface area contributed by atoms with Gasteiger partial charge in [0.2, 0.25) is 0 Å². The predicted molar refractivity (Wildman–Crippen MR) is 105 cm³/mol. The van der Waals surface area contributed by atoms with Gasteiger partial charge in [0.15, 0.2) is 0 Å². The van der Waals surface area contributed by atoms with E-state index in [4.69, 9.17) is 0 Å². The summed E-state index contributed by atoms with van der Waals surface area (Å²) in [6.45, 7) is -0.804. The Morgan fingerprint density at radius 3 is 2.43 bits per heavy atom. The van der Waals surface area contributed by atoms with Crippen LogP contribution in [0.2, 0.25) is 0 Å². The van der Waals surface area contributed by atoms with Crippen LogP contribution in [0.25, 0.3) is 10.9 Å². The molecule has 4 rings (SSSR count). The first kappa shape index (κ1) is 18.0. The Balaban J connectivity index is 1.79. The molecule has 0 aliphatic rings. The number of H-pyrrole nitrogens is 2. The van der Waals surface area contributed by atoms with Crippen LogP contribution in [-0.4, -0.2) is 11.6 Å². The van der Waals surface area contributed by atoms with E-state index in [1.165, 1.54) is 0 Å². The van der Waals surface area contributed by atoms with E-state index >= 15 is 0 Å². The number of ether oxygens (including phenoxy) is 1. The molecule has 0 bridgehead atoms. The van der Waals surface area contributed by atoms with Crippen molar-refractivity contribution in [2.45, 2.75) is 19.6 Å². The highest BCUT2D eigenvalue weighted by molar-refractivity contribution is 5.86. The van der Waals surface area contributed by atoms with E-state index in [2.05, 4.69) is 26.1 Å². The SMILES string of the molecule is Cc1[nH]c2ccccc2c1[C@@H](Nc1cccc[nH+]1)c1ccc(OC(F)F)cc1. The monoisotopic (exact) mass is 380 g/mol. The standard InChI is InChI=1S/C22H19F2N3O/c1-14-20(17-6-2-3-7-18(17)26-14)21(27-19-8-4-5-13-25-19)15-9-11-16(12-10-15)28-22(23)24/h2-13,21-22,26H,1H3,(H,25,27)/p+1/t21-/m0/s1. The number of benzene rings is 2. The maximum absolute atomic E-state index is 12.5. The second kappa shape index (κ2) is 7.68. The fraction of sp³-hybridized carbons (Fsp3) is 0.136. The number of fused-ring (bicyclic) bond motifs is 1. The Hall–Kier alpha value is -3.41. The Bertz CT molecular complexity index is 1060. The molecule has 0 spiro atoms. The molecule has 0 radical (unpaired) electrons. The third-order valence-electron chi connectivity index (χ3n) is 4.68. The summed E-state index contributed by atoms with van der Waals surface area (Å²) < 4.78 is 29.4. The van der Waals surface area contributed by atoms with Crippen LogP contribution in [0.3, 0.4) is 0 Å². The first-order valence-electron chi connectivity index (χ1n) is 8.97. The van der Waals surface area contributed by atoms with Crippen LogP contribution in [0, 0.1) is 6.92 Å². The smallest absolute Gasteiger partial charge is 0.387 e. The van der Waals surface area contributed by atoms with Crippen molar-refractivity contribution in [1.29, 1.82) is 0 Å². The van der Waals surface area contributed by atoms with Crippen LogP contribution in [-0.2, 0) is 0 Å². The van der Waals surface area contributed by atoms with E-state index in [9.17, 15) is 8.78 Å². The number of pyridine rings is 1. The van der Waals surface area contributed by atoms with Crippen molar-refractivity contribution in [3.05, 3.63) is 89.7 Å². The fourth-order valence-electron chi connectivity index (χ4n) is 3.47. The molecule has 6 heteroatoms. The molecule has 142 valence electrons. The number of alkyl halides is 2. The Morgan fingerprint density at radius 1 is 0.964 bits per heavy atom. The highest BCUT2D eigenvalue weighted by atomic mass is 19.3. The number of rotatable bonds is 6. The molecule has 4 aromatic rings. The minimum atomic E-state index is -2.84. The van der Waals surface area contributed by atoms with Gasteiger partial charge in [-0.05, 0) is 31.2 Å². The van der Waals surface area contributed by atoms with Crippen molar-refractivity contribution < 1.29 is 18.5 Å². The molecule has 0 aliphatic heterocycles. The Kier molecular flexibility index (Phi) is 4.93. The lowest BCUT2D eigenvalue weighted by Gasteiger charge is -2.16. The number of aryl methyl sites for hydroxylation is 1. The molecule has 2 aromatic carbocycles. The molecule has 0 saturated heterocycles. The molecule has 0 aliphatic carbocycles. The predicted octanol–water partition coefficient (Wildman–Crippen LogP) is 5.09. The third-order valence-corrected chi connectivity index (χ3v) is 4.68. The van der Waals surface area contributed by atoms with Crippen LogP contribution in [0.1, 0.15) is 22.9 Å². The molecule has 4 nitrogen and oxygen atoms in total. The highest BCUT2D eigenvalue weighted by Crippen LogP contribution is 2.34. The lowest BCUT2D eigenvalue weighted by atomic mass is 9.96. The van der Waals surface area contributed by atoms with Gasteiger partial charge in [0.25, 0.3) is 5.82 Å². The van der Waals surface area contributed by atoms with Crippen molar-refractivity contribution in [2.24, 2.45) is 0 Å². The number of hydrogen-bond donors (Lipinski definition) is 2. The molecule has 0 fully saturated rings. The van der Waals surface area contributed by atoms with Crippen LogP contribution in [0.15, 0.2) is 72.9 Å². The van der Waals surface area contributed by atoms with E-state index < -0.39 is 6.61 Å². The summed E-state index contributed by atoms with van der Waals surface area (Å²) >= 11 is 0. The van der Waals surface area contributed by atoms with Gasteiger partial charge in [0, 0.05) is 33.8 Å². The van der Waals surface area contributed by atoms with Crippen molar-refractivity contribution in [1.82, 2.24) is 4.98 Å². The van der Waals surface area contributed by atoms with Crippen LogP contribution < -0.4 is 15.0 Å². The van der Waals surface area contributed by atoms with Crippen LogP contribution in [0.4, 0.5) is 14.6 Å². The zero-order valence-electron chi connectivity index (χ0n) is 15.2. The lowest BCUT2D eigenvalue weighted by Crippen LogP contribution is -2.19. The maximum atomic E-state index is 12.5. The summed E-state index contributed by atoms with van der Waals surface area (Å²) in [5, 5.41) is 4.64. The van der Waals surface area contributed by atoms with Gasteiger partial charge in [0.05, 0.1) is 6.20 Å². The van der Waals surface area contributed by atoms with E-state index in [0.717, 1.165) is 33.5 Å². The van der Waals surface area contributed by atoms with E-state index in [1.54, 1.807) is 24.3 Å². The molecule has 3 N–H and O–H groups in total. The number of hydrogen-bond acceptors (Lipinski definition) is 2. The Morgan fingerprint density at radius 2 is 1.71 bits per heavy atom. The molecule has 1 atom stereocenters. The Labute approximate surface area is 161 Å². The van der Waals surface area contributed by atoms with Gasteiger partial charge < -0.3 is 9.72 Å². The largest absolute Gasteiger partial charge is 0.435 e. The third kappa shape index (κ3) is 3.67. The zero-order chi connectivity index (χ0) is 19.5. The van der Waals surface area contributed by atoms with Crippen molar-refractivity contribution >= 4 is 16.7 Å². The average molecular weight is 380 g/mol. The normalized spacial score (nSPS) is 12.3. The molecular formula is C22H20F2N3O+. The molecule has 0 unspecified atom stereocenters. The van der Waals surface area contributed by atoms with E-state index in [1.807, 2.05) is 49.5 Å². The molecule has 28 heavy (non-hydrogen) atoms. The number of anilines is 1. The van der Waals surface area contributed by atoms with Crippen molar-refractivity contribution in [3.63, 3.8) is 0 Å².